The van der Waals surface area contributed by atoms with Crippen LogP contribution in [0.1, 0.15) is 30.0 Å². The average Bonchev–Trinajstić information content (AvgIpc) is 2.54. The first-order valence-electron chi connectivity index (χ1n) is 7.45. The van der Waals surface area contributed by atoms with Crippen molar-refractivity contribution >= 4 is 17.6 Å². The number of aliphatic carboxylic acids is 1. The molecular formula is C17H15ClF3NO3. The first kappa shape index (κ1) is 19.1. The lowest BCUT2D eigenvalue weighted by molar-refractivity contribution is -0.138. The third kappa shape index (κ3) is 5.09. The number of carboxylic acids is 1. The van der Waals surface area contributed by atoms with Crippen molar-refractivity contribution in [2.45, 2.75) is 32.4 Å². The highest BCUT2D eigenvalue weighted by atomic mass is 35.5. The van der Waals surface area contributed by atoms with Crippen molar-refractivity contribution in [1.82, 2.24) is 4.98 Å². The Bertz CT molecular complexity index is 778. The summed E-state index contributed by atoms with van der Waals surface area (Å²) in [6.45, 7) is 1.91. The summed E-state index contributed by atoms with van der Waals surface area (Å²) in [6, 6.07) is 5.79. The lowest BCUT2D eigenvalue weighted by Crippen LogP contribution is -2.06. The number of ether oxygens (including phenoxy) is 1. The van der Waals surface area contributed by atoms with Gasteiger partial charge in [-0.1, -0.05) is 24.6 Å². The highest BCUT2D eigenvalue weighted by Crippen LogP contribution is 2.35. The Morgan fingerprint density at radius 1 is 1.28 bits per heavy atom. The number of aromatic nitrogens is 1. The molecule has 0 aliphatic rings. The maximum atomic E-state index is 12.6. The van der Waals surface area contributed by atoms with Crippen molar-refractivity contribution in [1.29, 1.82) is 0 Å². The van der Waals surface area contributed by atoms with Crippen LogP contribution in [0.4, 0.5) is 13.2 Å². The van der Waals surface area contributed by atoms with Gasteiger partial charge >= 0.3 is 12.1 Å². The molecule has 0 atom stereocenters. The summed E-state index contributed by atoms with van der Waals surface area (Å²) >= 11 is 5.82. The van der Waals surface area contributed by atoms with Gasteiger partial charge < -0.3 is 9.84 Å². The standard InChI is InChI=1S/C17H15ClF3NO3/c1-2-10-7-13(5-3-11(10)4-6-15(23)24)25-16-14(18)8-12(9-22-16)17(19,20)21/h3,5,7-9H,2,4,6H2,1H3,(H,23,24). The summed E-state index contributed by atoms with van der Waals surface area (Å²) in [6.07, 6.45) is -2.82. The molecule has 0 saturated heterocycles. The molecule has 2 rings (SSSR count). The molecule has 0 aliphatic heterocycles. The zero-order valence-corrected chi connectivity index (χ0v) is 14.0. The quantitative estimate of drug-likeness (QED) is 0.763. The number of hydrogen-bond donors (Lipinski definition) is 1. The predicted molar refractivity (Wildman–Crippen MR) is 86.1 cm³/mol. The number of alkyl halides is 3. The van der Waals surface area contributed by atoms with Gasteiger partial charge in [-0.25, -0.2) is 4.98 Å². The molecule has 25 heavy (non-hydrogen) atoms. The number of benzene rings is 1. The second-order valence-electron chi connectivity index (χ2n) is 5.29. The molecular weight excluding hydrogens is 359 g/mol. The van der Waals surface area contributed by atoms with Crippen molar-refractivity contribution < 1.29 is 27.8 Å². The van der Waals surface area contributed by atoms with E-state index in [1.807, 2.05) is 6.92 Å². The van der Waals surface area contributed by atoms with Crippen molar-refractivity contribution in [3.05, 3.63) is 52.2 Å². The van der Waals surface area contributed by atoms with E-state index in [9.17, 15) is 18.0 Å². The Hall–Kier alpha value is -2.28. The molecule has 1 heterocycles. The van der Waals surface area contributed by atoms with Crippen LogP contribution < -0.4 is 4.74 Å². The summed E-state index contributed by atoms with van der Waals surface area (Å²) in [7, 11) is 0. The van der Waals surface area contributed by atoms with Crippen LogP contribution in [0.3, 0.4) is 0 Å². The maximum absolute atomic E-state index is 12.6. The summed E-state index contributed by atoms with van der Waals surface area (Å²) in [4.78, 5) is 14.3. The fourth-order valence-corrected chi connectivity index (χ4v) is 2.45. The highest BCUT2D eigenvalue weighted by Gasteiger charge is 2.31. The topological polar surface area (TPSA) is 59.4 Å². The number of carbonyl (C=O) groups is 1. The van der Waals surface area contributed by atoms with Crippen LogP contribution in [-0.2, 0) is 23.8 Å². The molecule has 0 spiro atoms. The van der Waals surface area contributed by atoms with E-state index in [0.717, 1.165) is 17.2 Å². The van der Waals surface area contributed by atoms with E-state index in [0.29, 0.717) is 24.8 Å². The van der Waals surface area contributed by atoms with Crippen LogP contribution in [0.25, 0.3) is 0 Å². The maximum Gasteiger partial charge on any atom is 0.417 e. The summed E-state index contributed by atoms with van der Waals surface area (Å²) in [5.41, 5.74) is 0.814. The Morgan fingerprint density at radius 3 is 2.56 bits per heavy atom. The van der Waals surface area contributed by atoms with Gasteiger partial charge in [-0.2, -0.15) is 13.2 Å². The van der Waals surface area contributed by atoms with Crippen LogP contribution in [-0.4, -0.2) is 16.1 Å². The molecule has 8 heteroatoms. The van der Waals surface area contributed by atoms with Crippen LogP contribution in [0.2, 0.25) is 5.02 Å². The SMILES string of the molecule is CCc1cc(Oc2ncc(C(F)(F)F)cc2Cl)ccc1CCC(=O)O. The van der Waals surface area contributed by atoms with Crippen molar-refractivity contribution in [3.8, 4) is 11.6 Å². The third-order valence-electron chi connectivity index (χ3n) is 3.52. The normalized spacial score (nSPS) is 11.4. The largest absolute Gasteiger partial charge is 0.481 e. The van der Waals surface area contributed by atoms with Gasteiger partial charge in [0.25, 0.3) is 0 Å². The van der Waals surface area contributed by atoms with E-state index < -0.39 is 17.7 Å². The molecule has 0 unspecified atom stereocenters. The predicted octanol–water partition coefficient (Wildman–Crippen LogP) is 5.13. The summed E-state index contributed by atoms with van der Waals surface area (Å²) < 4.78 is 43.3. The fraction of sp³-hybridized carbons (Fsp3) is 0.294. The second-order valence-corrected chi connectivity index (χ2v) is 5.70. The minimum absolute atomic E-state index is 0.0134. The van der Waals surface area contributed by atoms with E-state index in [-0.39, 0.29) is 17.3 Å². The molecule has 1 N–H and O–H groups in total. The fourth-order valence-electron chi connectivity index (χ4n) is 2.25. The molecule has 134 valence electrons. The zero-order chi connectivity index (χ0) is 18.6. The Balaban J connectivity index is 2.21. The summed E-state index contributed by atoms with van der Waals surface area (Å²) in [5.74, 6) is -0.650. The number of carboxylic acid groups (broad SMARTS) is 1. The van der Waals surface area contributed by atoms with Gasteiger partial charge in [-0.05, 0) is 42.2 Å². The highest BCUT2D eigenvalue weighted by molar-refractivity contribution is 6.31. The number of pyridine rings is 1. The van der Waals surface area contributed by atoms with E-state index in [4.69, 9.17) is 21.4 Å². The number of rotatable bonds is 6. The van der Waals surface area contributed by atoms with Crippen LogP contribution in [0, 0.1) is 0 Å². The molecule has 0 saturated carbocycles. The Kier molecular flexibility index (Phi) is 5.89. The molecule has 2 aromatic rings. The van der Waals surface area contributed by atoms with E-state index in [2.05, 4.69) is 4.98 Å². The van der Waals surface area contributed by atoms with Gasteiger partial charge in [0, 0.05) is 12.6 Å². The minimum atomic E-state index is -4.53. The second kappa shape index (κ2) is 7.74. The zero-order valence-electron chi connectivity index (χ0n) is 13.2. The Morgan fingerprint density at radius 2 is 2.00 bits per heavy atom. The van der Waals surface area contributed by atoms with Gasteiger partial charge in [0.05, 0.1) is 5.56 Å². The van der Waals surface area contributed by atoms with Crippen molar-refractivity contribution in [3.63, 3.8) is 0 Å². The van der Waals surface area contributed by atoms with Gasteiger partial charge in [0.15, 0.2) is 0 Å². The molecule has 0 bridgehead atoms. The number of halogens is 4. The van der Waals surface area contributed by atoms with Crippen LogP contribution in [0.5, 0.6) is 11.6 Å². The Labute approximate surface area is 147 Å². The molecule has 0 amide bonds. The van der Waals surface area contributed by atoms with Gasteiger partial charge in [-0.3, -0.25) is 4.79 Å². The first-order chi connectivity index (χ1) is 11.7. The third-order valence-corrected chi connectivity index (χ3v) is 3.79. The molecule has 0 fully saturated rings. The van der Waals surface area contributed by atoms with E-state index in [1.54, 1.807) is 18.2 Å². The molecule has 1 aromatic heterocycles. The van der Waals surface area contributed by atoms with Gasteiger partial charge in [0.2, 0.25) is 5.88 Å². The first-order valence-corrected chi connectivity index (χ1v) is 7.82. The van der Waals surface area contributed by atoms with Crippen molar-refractivity contribution in [2.75, 3.05) is 0 Å². The number of aryl methyl sites for hydroxylation is 2. The summed E-state index contributed by atoms with van der Waals surface area (Å²) in [5, 5.41) is 8.52. The lowest BCUT2D eigenvalue weighted by atomic mass is 10.0. The van der Waals surface area contributed by atoms with Gasteiger partial charge in [-0.15, -0.1) is 0 Å². The minimum Gasteiger partial charge on any atom is -0.481 e. The average molecular weight is 374 g/mol. The molecule has 0 radical (unpaired) electrons. The lowest BCUT2D eigenvalue weighted by Gasteiger charge is -2.12. The smallest absolute Gasteiger partial charge is 0.417 e. The van der Waals surface area contributed by atoms with Crippen molar-refractivity contribution in [2.24, 2.45) is 0 Å². The van der Waals surface area contributed by atoms with Crippen LogP contribution in [0.15, 0.2) is 30.5 Å². The molecule has 4 nitrogen and oxygen atoms in total. The van der Waals surface area contributed by atoms with Gasteiger partial charge in [0.1, 0.15) is 10.8 Å². The van der Waals surface area contributed by atoms with Crippen LogP contribution >= 0.6 is 11.6 Å². The number of nitrogens with zero attached hydrogens (tertiary/aromatic N) is 1. The van der Waals surface area contributed by atoms with E-state index >= 15 is 0 Å². The monoisotopic (exact) mass is 373 g/mol. The number of hydrogen-bond acceptors (Lipinski definition) is 3. The molecule has 1 aromatic carbocycles. The molecule has 0 aliphatic carbocycles. The van der Waals surface area contributed by atoms with E-state index in [1.165, 1.54) is 0 Å².